The second kappa shape index (κ2) is 9.50. The molecular formula is C19H24N4O5. The Morgan fingerprint density at radius 1 is 1.21 bits per heavy atom. The van der Waals surface area contributed by atoms with Gasteiger partial charge in [0, 0.05) is 25.8 Å². The third-order valence-electron chi connectivity index (χ3n) is 3.44. The summed E-state index contributed by atoms with van der Waals surface area (Å²) < 4.78 is 15.6. The Bertz CT molecular complexity index is 792. The van der Waals surface area contributed by atoms with Crippen molar-refractivity contribution in [3.05, 3.63) is 35.5 Å². The highest BCUT2D eigenvalue weighted by atomic mass is 16.7. The van der Waals surface area contributed by atoms with Crippen molar-refractivity contribution in [1.82, 2.24) is 16.0 Å². The van der Waals surface area contributed by atoms with E-state index >= 15 is 0 Å². The van der Waals surface area contributed by atoms with Gasteiger partial charge in [0.1, 0.15) is 17.2 Å². The number of hydrogen-bond donors (Lipinski definition) is 3. The molecule has 0 saturated carbocycles. The summed E-state index contributed by atoms with van der Waals surface area (Å²) in [4.78, 5) is 23.6. The Balaban J connectivity index is 1.73. The molecule has 9 heteroatoms. The standard InChI is InChI=1S/C19H24N4O5/c1-19(2,3)28-18(25)22-7-6-21-11-14(9-20)17(24)23-10-13-4-5-15-16(8-13)27-12-26-15/h4-5,8,11,21H,6-7,10,12H2,1-3H3,(H,22,25)(H,23,24)/b14-11-. The van der Waals surface area contributed by atoms with Gasteiger partial charge in [0.25, 0.3) is 5.91 Å². The first-order valence-electron chi connectivity index (χ1n) is 8.76. The molecule has 0 bridgehead atoms. The molecule has 2 amide bonds. The lowest BCUT2D eigenvalue weighted by Crippen LogP contribution is -2.35. The highest BCUT2D eigenvalue weighted by Gasteiger charge is 2.16. The number of rotatable bonds is 7. The minimum absolute atomic E-state index is 0.0713. The largest absolute Gasteiger partial charge is 0.454 e. The fourth-order valence-corrected chi connectivity index (χ4v) is 2.20. The number of carbonyl (C=O) groups excluding carboxylic acids is 2. The number of hydrogen-bond acceptors (Lipinski definition) is 7. The lowest BCUT2D eigenvalue weighted by atomic mass is 10.2. The lowest BCUT2D eigenvalue weighted by molar-refractivity contribution is -0.117. The SMILES string of the molecule is CC(C)(C)OC(=O)NCCN/C=C(/C#N)C(=O)NCc1ccc2c(c1)OCO2. The van der Waals surface area contributed by atoms with E-state index in [9.17, 15) is 9.59 Å². The van der Waals surface area contributed by atoms with E-state index in [1.165, 1.54) is 6.20 Å². The summed E-state index contributed by atoms with van der Waals surface area (Å²) in [5.74, 6) is 0.784. The Labute approximate surface area is 163 Å². The summed E-state index contributed by atoms with van der Waals surface area (Å²) in [6, 6.07) is 7.19. The van der Waals surface area contributed by atoms with Crippen LogP contribution >= 0.6 is 0 Å². The number of nitriles is 1. The molecule has 2 rings (SSSR count). The van der Waals surface area contributed by atoms with E-state index in [0.29, 0.717) is 18.0 Å². The molecule has 0 aromatic heterocycles. The second-order valence-corrected chi connectivity index (χ2v) is 6.92. The van der Waals surface area contributed by atoms with Gasteiger partial charge in [0.15, 0.2) is 11.5 Å². The van der Waals surface area contributed by atoms with Gasteiger partial charge in [-0.1, -0.05) is 6.07 Å². The van der Waals surface area contributed by atoms with Crippen LogP contribution in [-0.4, -0.2) is 37.5 Å². The van der Waals surface area contributed by atoms with Gasteiger partial charge < -0.3 is 30.2 Å². The highest BCUT2D eigenvalue weighted by Crippen LogP contribution is 2.32. The molecule has 1 heterocycles. The Morgan fingerprint density at radius 3 is 2.68 bits per heavy atom. The van der Waals surface area contributed by atoms with Gasteiger partial charge in [0.05, 0.1) is 0 Å². The first-order chi connectivity index (χ1) is 13.3. The average molecular weight is 388 g/mol. The predicted molar refractivity (Wildman–Crippen MR) is 100 cm³/mol. The molecule has 0 fully saturated rings. The van der Waals surface area contributed by atoms with E-state index < -0.39 is 17.6 Å². The van der Waals surface area contributed by atoms with E-state index in [-0.39, 0.29) is 25.5 Å². The number of amides is 2. The fourth-order valence-electron chi connectivity index (χ4n) is 2.20. The maximum atomic E-state index is 12.1. The van der Waals surface area contributed by atoms with E-state index in [0.717, 1.165) is 5.56 Å². The molecular weight excluding hydrogens is 364 g/mol. The highest BCUT2D eigenvalue weighted by molar-refractivity contribution is 5.97. The molecule has 0 saturated heterocycles. The van der Waals surface area contributed by atoms with Crippen LogP contribution in [0.3, 0.4) is 0 Å². The van der Waals surface area contributed by atoms with Gasteiger partial charge >= 0.3 is 6.09 Å². The molecule has 0 spiro atoms. The van der Waals surface area contributed by atoms with E-state index in [4.69, 9.17) is 19.5 Å². The number of benzene rings is 1. The van der Waals surface area contributed by atoms with Crippen LogP contribution in [0.1, 0.15) is 26.3 Å². The van der Waals surface area contributed by atoms with Crippen LogP contribution in [0.5, 0.6) is 11.5 Å². The van der Waals surface area contributed by atoms with Crippen molar-refractivity contribution in [1.29, 1.82) is 5.26 Å². The summed E-state index contributed by atoms with van der Waals surface area (Å²) >= 11 is 0. The van der Waals surface area contributed by atoms with Crippen LogP contribution in [0.2, 0.25) is 0 Å². The molecule has 1 aromatic rings. The molecule has 9 nitrogen and oxygen atoms in total. The minimum Gasteiger partial charge on any atom is -0.454 e. The zero-order valence-corrected chi connectivity index (χ0v) is 16.1. The summed E-state index contributed by atoms with van der Waals surface area (Å²) in [5, 5.41) is 17.2. The van der Waals surface area contributed by atoms with Crippen molar-refractivity contribution < 1.29 is 23.8 Å². The van der Waals surface area contributed by atoms with Gasteiger partial charge in [-0.3, -0.25) is 4.79 Å². The van der Waals surface area contributed by atoms with Crippen molar-refractivity contribution in [3.8, 4) is 17.6 Å². The third-order valence-corrected chi connectivity index (χ3v) is 3.44. The fraction of sp³-hybridized carbons (Fsp3) is 0.421. The predicted octanol–water partition coefficient (Wildman–Crippen LogP) is 1.55. The Kier molecular flexibility index (Phi) is 7.09. The van der Waals surface area contributed by atoms with E-state index in [2.05, 4.69) is 16.0 Å². The molecule has 0 atom stereocenters. The summed E-state index contributed by atoms with van der Waals surface area (Å²) in [7, 11) is 0. The molecule has 0 radical (unpaired) electrons. The smallest absolute Gasteiger partial charge is 0.407 e. The zero-order valence-electron chi connectivity index (χ0n) is 16.1. The molecule has 3 N–H and O–H groups in total. The van der Waals surface area contributed by atoms with Crippen LogP contribution in [0.4, 0.5) is 4.79 Å². The molecule has 28 heavy (non-hydrogen) atoms. The van der Waals surface area contributed by atoms with Gasteiger partial charge in [-0.15, -0.1) is 0 Å². The number of alkyl carbamates (subject to hydrolysis) is 1. The van der Waals surface area contributed by atoms with Crippen molar-refractivity contribution in [2.75, 3.05) is 19.9 Å². The quantitative estimate of drug-likeness (QED) is 0.368. The normalized spacial score (nSPS) is 12.7. The van der Waals surface area contributed by atoms with Gasteiger partial charge in [0.2, 0.25) is 6.79 Å². The Morgan fingerprint density at radius 2 is 1.96 bits per heavy atom. The summed E-state index contributed by atoms with van der Waals surface area (Å²) in [6.07, 6.45) is 0.784. The van der Waals surface area contributed by atoms with Crippen molar-refractivity contribution in [2.45, 2.75) is 32.9 Å². The molecule has 150 valence electrons. The minimum atomic E-state index is -0.568. The van der Waals surface area contributed by atoms with Crippen molar-refractivity contribution in [2.24, 2.45) is 0 Å². The van der Waals surface area contributed by atoms with E-state index in [1.807, 2.05) is 12.1 Å². The van der Waals surface area contributed by atoms with Gasteiger partial charge in [-0.25, -0.2) is 4.79 Å². The van der Waals surface area contributed by atoms with Crippen molar-refractivity contribution >= 4 is 12.0 Å². The van der Waals surface area contributed by atoms with Gasteiger partial charge in [-0.05, 0) is 38.5 Å². The molecule has 0 aliphatic carbocycles. The molecule has 0 unspecified atom stereocenters. The summed E-state index contributed by atoms with van der Waals surface area (Å²) in [5.41, 5.74) is 0.184. The van der Waals surface area contributed by atoms with Crippen LogP contribution < -0.4 is 25.4 Å². The number of carbonyl (C=O) groups is 2. The number of ether oxygens (including phenoxy) is 3. The van der Waals surface area contributed by atoms with Crippen LogP contribution in [0.25, 0.3) is 0 Å². The number of fused-ring (bicyclic) bond motifs is 1. The van der Waals surface area contributed by atoms with Crippen LogP contribution in [-0.2, 0) is 16.1 Å². The average Bonchev–Trinajstić information content (AvgIpc) is 3.09. The summed E-state index contributed by atoms with van der Waals surface area (Å²) in [6.45, 7) is 6.36. The molecule has 1 aliphatic rings. The first kappa shape index (κ1) is 20.9. The maximum absolute atomic E-state index is 12.1. The number of nitrogens with zero attached hydrogens (tertiary/aromatic N) is 1. The van der Waals surface area contributed by atoms with Gasteiger partial charge in [-0.2, -0.15) is 5.26 Å². The zero-order chi connectivity index (χ0) is 20.6. The monoisotopic (exact) mass is 388 g/mol. The Hall–Kier alpha value is -3.41. The second-order valence-electron chi connectivity index (χ2n) is 6.92. The lowest BCUT2D eigenvalue weighted by Gasteiger charge is -2.19. The number of nitrogens with one attached hydrogen (secondary N) is 3. The van der Waals surface area contributed by atoms with E-state index in [1.54, 1.807) is 32.9 Å². The first-order valence-corrected chi connectivity index (χ1v) is 8.76. The van der Waals surface area contributed by atoms with Crippen LogP contribution in [0, 0.1) is 11.3 Å². The van der Waals surface area contributed by atoms with Crippen LogP contribution in [0.15, 0.2) is 30.0 Å². The topological polar surface area (TPSA) is 122 Å². The molecule has 1 aromatic carbocycles. The third kappa shape index (κ3) is 6.72. The maximum Gasteiger partial charge on any atom is 0.407 e. The molecule has 1 aliphatic heterocycles. The van der Waals surface area contributed by atoms with Crippen molar-refractivity contribution in [3.63, 3.8) is 0 Å².